The molecule has 0 spiro atoms. The number of amides is 3. The number of rotatable bonds is 13. The number of aromatic nitrogens is 2. The van der Waals surface area contributed by atoms with Gasteiger partial charge in [-0.2, -0.15) is 13.2 Å². The van der Waals surface area contributed by atoms with Crippen LogP contribution in [0.3, 0.4) is 0 Å². The molecule has 5 atom stereocenters. The highest BCUT2D eigenvalue weighted by molar-refractivity contribution is 7.91. The lowest BCUT2D eigenvalue weighted by Crippen LogP contribution is -2.58. The molecular weight excluding hydrogens is 705 g/mol. The fourth-order valence-electron chi connectivity index (χ4n) is 6.44. The fraction of sp³-hybridized carbons (Fsp3) is 0.457. The lowest BCUT2D eigenvalue weighted by molar-refractivity contribution is -0.140. The highest BCUT2D eigenvalue weighted by Crippen LogP contribution is 2.45. The summed E-state index contributed by atoms with van der Waals surface area (Å²) in [4.78, 5) is 51.6. The number of halogens is 3. The van der Waals surface area contributed by atoms with Gasteiger partial charge in [0.25, 0.3) is 5.91 Å². The fourth-order valence-corrected chi connectivity index (χ4v) is 7.80. The van der Waals surface area contributed by atoms with Gasteiger partial charge in [0, 0.05) is 30.1 Å². The van der Waals surface area contributed by atoms with E-state index in [0.29, 0.717) is 24.0 Å². The molecule has 0 radical (unpaired) electrons. The number of methoxy groups -OCH3 is 1. The van der Waals surface area contributed by atoms with Crippen molar-refractivity contribution in [2.45, 2.75) is 74.7 Å². The van der Waals surface area contributed by atoms with E-state index in [9.17, 15) is 36.0 Å². The summed E-state index contributed by atoms with van der Waals surface area (Å²) in [5, 5.41) is 6.27. The summed E-state index contributed by atoms with van der Waals surface area (Å²) in [5.74, 6) is -2.65. The normalized spacial score (nSPS) is 23.5. The zero-order chi connectivity index (χ0) is 37.6. The van der Waals surface area contributed by atoms with Gasteiger partial charge in [-0.1, -0.05) is 19.9 Å². The number of carbonyl (C=O) groups excluding carboxylic acids is 3. The molecular formula is C35H39F3N6O7S. The number of sulfonamides is 1. The van der Waals surface area contributed by atoms with Crippen LogP contribution in [0.4, 0.5) is 19.0 Å². The van der Waals surface area contributed by atoms with E-state index in [4.69, 9.17) is 9.47 Å². The Morgan fingerprint density at radius 3 is 2.46 bits per heavy atom. The van der Waals surface area contributed by atoms with Crippen LogP contribution in [-0.2, 0) is 30.6 Å². The lowest BCUT2D eigenvalue weighted by Gasteiger charge is -2.31. The first-order valence-electron chi connectivity index (χ1n) is 16.8. The number of anilines is 1. The van der Waals surface area contributed by atoms with Crippen LogP contribution in [0.2, 0.25) is 0 Å². The number of hydrogen-bond donors (Lipinski definition) is 3. The van der Waals surface area contributed by atoms with Crippen LogP contribution in [0.25, 0.3) is 10.8 Å². The summed E-state index contributed by atoms with van der Waals surface area (Å²) in [7, 11) is -2.40. The molecule has 6 rings (SSSR count). The zero-order valence-corrected chi connectivity index (χ0v) is 29.5. The first-order chi connectivity index (χ1) is 24.6. The molecule has 3 heterocycles. The molecule has 3 N–H and O–H groups in total. The van der Waals surface area contributed by atoms with E-state index in [0.717, 1.165) is 23.7 Å². The highest BCUT2D eigenvalue weighted by atomic mass is 32.2. The van der Waals surface area contributed by atoms with Gasteiger partial charge in [-0.25, -0.2) is 18.4 Å². The molecule has 3 aliphatic rings. The van der Waals surface area contributed by atoms with E-state index in [-0.39, 0.29) is 31.1 Å². The summed E-state index contributed by atoms with van der Waals surface area (Å²) in [5.41, 5.74) is -2.57. The summed E-state index contributed by atoms with van der Waals surface area (Å²) >= 11 is 0. The number of alkyl halides is 3. The Labute approximate surface area is 298 Å². The van der Waals surface area contributed by atoms with E-state index >= 15 is 0 Å². The van der Waals surface area contributed by atoms with Gasteiger partial charge >= 0.3 is 6.18 Å². The van der Waals surface area contributed by atoms with Crippen molar-refractivity contribution in [2.75, 3.05) is 19.0 Å². The molecule has 2 aromatic heterocycles. The monoisotopic (exact) mass is 744 g/mol. The zero-order valence-electron chi connectivity index (χ0n) is 28.6. The molecule has 2 saturated carbocycles. The van der Waals surface area contributed by atoms with Crippen LogP contribution < -0.4 is 24.8 Å². The molecule has 13 nitrogen and oxygen atoms in total. The smallest absolute Gasteiger partial charge is 0.416 e. The molecule has 2 aliphatic carbocycles. The van der Waals surface area contributed by atoms with Crippen LogP contribution in [0.5, 0.6) is 11.6 Å². The number of benzene rings is 1. The first-order valence-corrected chi connectivity index (χ1v) is 18.3. The van der Waals surface area contributed by atoms with Crippen LogP contribution in [0.1, 0.15) is 45.1 Å². The van der Waals surface area contributed by atoms with Crippen LogP contribution in [-0.4, -0.2) is 83.6 Å². The Kier molecular flexibility index (Phi) is 9.85. The minimum absolute atomic E-state index is 0.0464. The summed E-state index contributed by atoms with van der Waals surface area (Å²) in [6.45, 7) is 6.99. The Hall–Kier alpha value is -4.93. The molecule has 1 saturated heterocycles. The van der Waals surface area contributed by atoms with Crippen molar-refractivity contribution in [3.8, 4) is 11.6 Å². The van der Waals surface area contributed by atoms with Crippen molar-refractivity contribution >= 4 is 44.3 Å². The third-order valence-corrected chi connectivity index (χ3v) is 11.5. The number of fused-ring (bicyclic) bond motifs is 1. The Morgan fingerprint density at radius 1 is 1.10 bits per heavy atom. The van der Waals surface area contributed by atoms with Crippen molar-refractivity contribution in [1.29, 1.82) is 0 Å². The standard InChI is InChI=1S/C35H39F3N6O7S/c1-5-21-17-34(21,33(47)43-52(48,49)25-7-8-25)42-30(45)27-16-24(51-31-26-9-6-23(50-4)14-20(26)10-12-40-31)18-44(27)32(46)29(19(2)3)41-28-15-22(11-13-39-28)35(36,37)38/h5-6,9-15,19,21,24-25,27,29H,1,7-8,16-18H2,2-4H3,(H,39,41)(H,42,45)(H,43,47)/t21-,24-,27+,29?,34-/m1/s1. The van der Waals surface area contributed by atoms with E-state index in [1.165, 1.54) is 18.1 Å². The van der Waals surface area contributed by atoms with Gasteiger partial charge in [0.2, 0.25) is 27.7 Å². The summed E-state index contributed by atoms with van der Waals surface area (Å²) < 4.78 is 79.5. The van der Waals surface area contributed by atoms with Gasteiger partial charge in [-0.3, -0.25) is 19.1 Å². The molecule has 1 aromatic carbocycles. The van der Waals surface area contributed by atoms with Gasteiger partial charge in [0.1, 0.15) is 35.3 Å². The number of nitrogens with one attached hydrogen (secondary N) is 3. The predicted octanol–water partition coefficient (Wildman–Crippen LogP) is 3.81. The Morgan fingerprint density at radius 2 is 1.83 bits per heavy atom. The van der Waals surface area contributed by atoms with Gasteiger partial charge in [0.15, 0.2) is 0 Å². The number of carbonyl (C=O) groups is 3. The molecule has 3 amide bonds. The second kappa shape index (κ2) is 13.9. The summed E-state index contributed by atoms with van der Waals surface area (Å²) in [6.07, 6.45) is -0.558. The van der Waals surface area contributed by atoms with Crippen molar-refractivity contribution in [2.24, 2.45) is 11.8 Å². The Bertz CT molecular complexity index is 2010. The molecule has 278 valence electrons. The molecule has 3 fully saturated rings. The van der Waals surface area contributed by atoms with Crippen molar-refractivity contribution in [3.05, 3.63) is 67.0 Å². The number of ether oxygens (including phenoxy) is 2. The van der Waals surface area contributed by atoms with E-state index in [2.05, 4.69) is 31.9 Å². The third-order valence-electron chi connectivity index (χ3n) is 9.63. The van der Waals surface area contributed by atoms with Crippen molar-refractivity contribution in [3.63, 3.8) is 0 Å². The molecule has 1 unspecified atom stereocenters. The number of likely N-dealkylation sites (tertiary alicyclic amines) is 1. The van der Waals surface area contributed by atoms with Crippen LogP contribution in [0, 0.1) is 11.8 Å². The summed E-state index contributed by atoms with van der Waals surface area (Å²) in [6, 6.07) is 6.32. The molecule has 17 heteroatoms. The van der Waals surface area contributed by atoms with Crippen molar-refractivity contribution in [1.82, 2.24) is 24.9 Å². The van der Waals surface area contributed by atoms with E-state index < -0.39 is 80.3 Å². The van der Waals surface area contributed by atoms with Crippen LogP contribution in [0.15, 0.2) is 61.4 Å². The maximum absolute atomic E-state index is 14.3. The number of hydrogen-bond acceptors (Lipinski definition) is 10. The average molecular weight is 745 g/mol. The second-order valence-electron chi connectivity index (χ2n) is 13.7. The van der Waals surface area contributed by atoms with Gasteiger partial charge in [-0.05, 0) is 67.0 Å². The highest BCUT2D eigenvalue weighted by Gasteiger charge is 2.62. The molecule has 0 bridgehead atoms. The van der Waals surface area contributed by atoms with Gasteiger partial charge in [-0.15, -0.1) is 6.58 Å². The number of pyridine rings is 2. The topological polar surface area (TPSA) is 169 Å². The molecule has 52 heavy (non-hydrogen) atoms. The first kappa shape index (κ1) is 36.8. The van der Waals surface area contributed by atoms with Crippen molar-refractivity contribution < 1.29 is 45.4 Å². The average Bonchev–Trinajstić information content (AvgIpc) is 4.03. The van der Waals surface area contributed by atoms with E-state index in [1.807, 2.05) is 0 Å². The maximum atomic E-state index is 14.3. The van der Waals surface area contributed by atoms with Gasteiger partial charge < -0.3 is 25.0 Å². The largest absolute Gasteiger partial charge is 0.497 e. The second-order valence-corrected chi connectivity index (χ2v) is 15.6. The number of nitrogens with zero attached hydrogens (tertiary/aromatic N) is 3. The predicted molar refractivity (Wildman–Crippen MR) is 184 cm³/mol. The van der Waals surface area contributed by atoms with Gasteiger partial charge in [0.05, 0.1) is 24.5 Å². The maximum Gasteiger partial charge on any atom is 0.416 e. The molecule has 3 aromatic rings. The van der Waals surface area contributed by atoms with E-state index in [1.54, 1.807) is 44.3 Å². The SMILES string of the molecule is C=C[C@@H]1C[C@]1(NC(=O)[C@@H]1C[C@@H](Oc2nccc3cc(OC)ccc23)CN1C(=O)C(Nc1cc(C(F)(F)F)ccn1)C(C)C)C(=O)NS(=O)(=O)C1CC1. The third kappa shape index (κ3) is 7.49. The van der Waals surface area contributed by atoms with Crippen LogP contribution >= 0.6 is 0 Å². The molecule has 1 aliphatic heterocycles. The Balaban J connectivity index is 1.29. The minimum Gasteiger partial charge on any atom is -0.497 e. The quantitative estimate of drug-likeness (QED) is 0.219. The minimum atomic E-state index is -4.65. The lowest BCUT2D eigenvalue weighted by atomic mass is 10.0.